The van der Waals surface area contributed by atoms with E-state index in [-0.39, 0.29) is 0 Å². The maximum absolute atomic E-state index is 10.2. The van der Waals surface area contributed by atoms with Crippen molar-refractivity contribution in [3.8, 4) is 0 Å². The lowest BCUT2D eigenvalue weighted by Crippen LogP contribution is -1.92. The van der Waals surface area contributed by atoms with Crippen LogP contribution in [0.2, 0.25) is 0 Å². The molecule has 0 fully saturated rings. The first-order valence-electron chi connectivity index (χ1n) is 4.46. The van der Waals surface area contributed by atoms with Crippen molar-refractivity contribution in [3.05, 3.63) is 35.7 Å². The van der Waals surface area contributed by atoms with Gasteiger partial charge in [-0.05, 0) is 23.6 Å². The Bertz CT molecular complexity index is 339. The summed E-state index contributed by atoms with van der Waals surface area (Å²) in [4.78, 5) is 14.5. The topological polar surface area (TPSA) is 50.2 Å². The maximum atomic E-state index is 10.2. The highest BCUT2D eigenvalue weighted by Gasteiger charge is 1.98. The summed E-state index contributed by atoms with van der Waals surface area (Å²) in [7, 11) is 0. The summed E-state index contributed by atoms with van der Waals surface area (Å²) in [5.74, 6) is -0.551. The van der Waals surface area contributed by atoms with Crippen LogP contribution in [0.25, 0.3) is 6.08 Å². The maximum Gasteiger partial charge on any atom is 0.328 e. The van der Waals surface area contributed by atoms with Crippen molar-refractivity contribution < 1.29 is 9.90 Å². The van der Waals surface area contributed by atoms with Crippen molar-refractivity contribution in [1.29, 1.82) is 0 Å². The van der Waals surface area contributed by atoms with Crippen molar-refractivity contribution in [1.82, 2.24) is 4.98 Å². The van der Waals surface area contributed by atoms with Gasteiger partial charge in [0.2, 0.25) is 0 Å². The normalized spacial score (nSPS) is 11.1. The van der Waals surface area contributed by atoms with Gasteiger partial charge in [-0.3, -0.25) is 4.98 Å². The van der Waals surface area contributed by atoms with E-state index in [1.807, 2.05) is 12.1 Å². The molecule has 0 aliphatic carbocycles. The molecule has 1 aromatic heterocycles. The monoisotopic (exact) mass is 191 g/mol. The molecule has 0 unspecified atom stereocenters. The molecule has 0 saturated carbocycles. The van der Waals surface area contributed by atoms with E-state index in [1.165, 1.54) is 6.08 Å². The summed E-state index contributed by atoms with van der Waals surface area (Å²) in [5.41, 5.74) is 1.81. The smallest absolute Gasteiger partial charge is 0.328 e. The van der Waals surface area contributed by atoms with Crippen LogP contribution in [0, 0.1) is 0 Å². The van der Waals surface area contributed by atoms with Crippen molar-refractivity contribution in [2.45, 2.75) is 19.8 Å². The second-order valence-corrected chi connectivity index (χ2v) is 3.34. The lowest BCUT2D eigenvalue weighted by Gasteiger charge is -2.02. The number of carboxylic acids is 1. The summed E-state index contributed by atoms with van der Waals surface area (Å²) in [6.45, 7) is 4.13. The fourth-order valence-electron chi connectivity index (χ4n) is 1.02. The van der Waals surface area contributed by atoms with Crippen LogP contribution >= 0.6 is 0 Å². The molecule has 0 bridgehead atoms. The van der Waals surface area contributed by atoms with Gasteiger partial charge in [0.25, 0.3) is 0 Å². The largest absolute Gasteiger partial charge is 0.478 e. The minimum atomic E-state index is -0.946. The summed E-state index contributed by atoms with van der Waals surface area (Å²) in [5, 5.41) is 8.41. The van der Waals surface area contributed by atoms with Gasteiger partial charge in [0.15, 0.2) is 0 Å². The molecule has 1 aromatic rings. The Hall–Kier alpha value is -1.64. The molecule has 1 N–H and O–H groups in total. The Morgan fingerprint density at radius 1 is 1.50 bits per heavy atom. The number of carbonyl (C=O) groups is 1. The van der Waals surface area contributed by atoms with Crippen LogP contribution in [0.15, 0.2) is 24.4 Å². The quantitative estimate of drug-likeness (QED) is 0.746. The number of carboxylic acid groups (broad SMARTS) is 1. The molecule has 14 heavy (non-hydrogen) atoms. The van der Waals surface area contributed by atoms with Gasteiger partial charge >= 0.3 is 5.97 Å². The predicted molar refractivity (Wildman–Crippen MR) is 55.0 cm³/mol. The van der Waals surface area contributed by atoms with E-state index >= 15 is 0 Å². The highest BCUT2D eigenvalue weighted by Crippen LogP contribution is 2.11. The van der Waals surface area contributed by atoms with Gasteiger partial charge in [0.05, 0.1) is 0 Å². The minimum absolute atomic E-state index is 0.396. The van der Waals surface area contributed by atoms with Crippen LogP contribution in [-0.4, -0.2) is 16.1 Å². The van der Waals surface area contributed by atoms with Crippen molar-refractivity contribution in [2.75, 3.05) is 0 Å². The average Bonchev–Trinajstić information content (AvgIpc) is 2.15. The minimum Gasteiger partial charge on any atom is -0.478 e. The molecule has 0 spiro atoms. The molecular weight excluding hydrogens is 178 g/mol. The molecule has 0 amide bonds. The molecule has 0 saturated heterocycles. The standard InChI is InChI=1S/C11H13NO2/c1-8(2)10-5-3-9(7-12-10)4-6-11(13)14/h3-8H,1-2H3,(H,13,14). The van der Waals surface area contributed by atoms with Crippen LogP contribution in [0.4, 0.5) is 0 Å². The predicted octanol–water partition coefficient (Wildman–Crippen LogP) is 2.30. The second kappa shape index (κ2) is 4.56. The zero-order valence-corrected chi connectivity index (χ0v) is 8.27. The molecule has 1 heterocycles. The Kier molecular flexibility index (Phi) is 3.40. The summed E-state index contributed by atoms with van der Waals surface area (Å²) in [6.07, 6.45) is 4.31. The van der Waals surface area contributed by atoms with Crippen molar-refractivity contribution >= 4 is 12.0 Å². The highest BCUT2D eigenvalue weighted by atomic mass is 16.4. The summed E-state index contributed by atoms with van der Waals surface area (Å²) in [6, 6.07) is 3.77. The van der Waals surface area contributed by atoms with Gasteiger partial charge < -0.3 is 5.11 Å². The van der Waals surface area contributed by atoms with Crippen LogP contribution < -0.4 is 0 Å². The third-order valence-corrected chi connectivity index (χ3v) is 1.82. The number of hydrogen-bond donors (Lipinski definition) is 1. The fourth-order valence-corrected chi connectivity index (χ4v) is 1.02. The fraction of sp³-hybridized carbons (Fsp3) is 0.273. The Labute approximate surface area is 83.1 Å². The number of aliphatic carboxylic acids is 1. The highest BCUT2D eigenvalue weighted by molar-refractivity contribution is 5.85. The van der Waals surface area contributed by atoms with Gasteiger partial charge in [0, 0.05) is 18.0 Å². The SMILES string of the molecule is CC(C)c1ccc(C=CC(=O)O)cn1. The molecule has 0 aromatic carbocycles. The van der Waals surface area contributed by atoms with E-state index in [2.05, 4.69) is 18.8 Å². The van der Waals surface area contributed by atoms with Gasteiger partial charge in [-0.1, -0.05) is 19.9 Å². The van der Waals surface area contributed by atoms with Crippen LogP contribution in [-0.2, 0) is 4.79 Å². The summed E-state index contributed by atoms with van der Waals surface area (Å²) < 4.78 is 0. The molecule has 0 aliphatic rings. The van der Waals surface area contributed by atoms with E-state index in [9.17, 15) is 4.79 Å². The van der Waals surface area contributed by atoms with E-state index in [4.69, 9.17) is 5.11 Å². The van der Waals surface area contributed by atoms with Gasteiger partial charge in [-0.2, -0.15) is 0 Å². The van der Waals surface area contributed by atoms with E-state index < -0.39 is 5.97 Å². The van der Waals surface area contributed by atoms with E-state index in [1.54, 1.807) is 6.20 Å². The Balaban J connectivity index is 2.78. The Morgan fingerprint density at radius 2 is 2.21 bits per heavy atom. The van der Waals surface area contributed by atoms with Crippen LogP contribution in [0.1, 0.15) is 31.0 Å². The van der Waals surface area contributed by atoms with E-state index in [0.717, 1.165) is 17.3 Å². The van der Waals surface area contributed by atoms with Gasteiger partial charge in [0.1, 0.15) is 0 Å². The van der Waals surface area contributed by atoms with Crippen LogP contribution in [0.3, 0.4) is 0 Å². The third kappa shape index (κ3) is 3.01. The first kappa shape index (κ1) is 10.4. The van der Waals surface area contributed by atoms with Crippen molar-refractivity contribution in [2.24, 2.45) is 0 Å². The van der Waals surface area contributed by atoms with Crippen LogP contribution in [0.5, 0.6) is 0 Å². The molecule has 1 rings (SSSR count). The molecule has 0 radical (unpaired) electrons. The van der Waals surface area contributed by atoms with Gasteiger partial charge in [-0.15, -0.1) is 0 Å². The number of nitrogens with zero attached hydrogens (tertiary/aromatic N) is 1. The number of aromatic nitrogens is 1. The number of pyridine rings is 1. The molecule has 0 atom stereocenters. The first-order chi connectivity index (χ1) is 6.59. The molecule has 3 nitrogen and oxygen atoms in total. The number of rotatable bonds is 3. The lowest BCUT2D eigenvalue weighted by molar-refractivity contribution is -0.131. The van der Waals surface area contributed by atoms with Gasteiger partial charge in [-0.25, -0.2) is 4.79 Å². The average molecular weight is 191 g/mol. The molecular formula is C11H13NO2. The van der Waals surface area contributed by atoms with E-state index in [0.29, 0.717) is 5.92 Å². The van der Waals surface area contributed by atoms with Crippen molar-refractivity contribution in [3.63, 3.8) is 0 Å². The lowest BCUT2D eigenvalue weighted by atomic mass is 10.1. The second-order valence-electron chi connectivity index (χ2n) is 3.34. The Morgan fingerprint density at radius 3 is 2.64 bits per heavy atom. The zero-order chi connectivity index (χ0) is 10.6. The summed E-state index contributed by atoms with van der Waals surface area (Å²) >= 11 is 0. The molecule has 3 heteroatoms. The zero-order valence-electron chi connectivity index (χ0n) is 8.27. The molecule has 74 valence electrons. The molecule has 0 aliphatic heterocycles. The third-order valence-electron chi connectivity index (χ3n) is 1.82. The first-order valence-corrected chi connectivity index (χ1v) is 4.46. The number of hydrogen-bond acceptors (Lipinski definition) is 2.